The molecule has 4 rings (SSSR count). The van der Waals surface area contributed by atoms with Crippen LogP contribution in [0.15, 0.2) is 12.2 Å². The second-order valence-electron chi connectivity index (χ2n) is 12.8. The Kier molecular flexibility index (Phi) is 5.93. The first-order valence-electron chi connectivity index (χ1n) is 12.8. The van der Waals surface area contributed by atoms with Gasteiger partial charge in [-0.2, -0.15) is 0 Å². The van der Waals surface area contributed by atoms with Crippen molar-refractivity contribution in [1.82, 2.24) is 0 Å². The Morgan fingerprint density at radius 1 is 1.00 bits per heavy atom. The number of esters is 3. The highest BCUT2D eigenvalue weighted by Crippen LogP contribution is 2.72. The average Bonchev–Trinajstić information content (AvgIpc) is 2.79. The van der Waals surface area contributed by atoms with Crippen molar-refractivity contribution < 1.29 is 43.3 Å². The molecule has 1 saturated heterocycles. The fourth-order valence-corrected chi connectivity index (χ4v) is 8.65. The fourth-order valence-electron chi connectivity index (χ4n) is 8.65. The maximum atomic E-state index is 14.0. The summed E-state index contributed by atoms with van der Waals surface area (Å²) in [4.78, 5) is 66.0. The Hall–Kier alpha value is -2.55. The number of aliphatic hydroxyl groups excluding tert-OH is 1. The van der Waals surface area contributed by atoms with Crippen molar-refractivity contribution in [2.24, 2.45) is 39.4 Å². The van der Waals surface area contributed by atoms with E-state index in [0.29, 0.717) is 5.57 Å². The summed E-state index contributed by atoms with van der Waals surface area (Å²) in [6.45, 7) is 15.7. The molecule has 0 spiro atoms. The molecule has 0 radical (unpaired) electrons. The van der Waals surface area contributed by atoms with Crippen LogP contribution < -0.4 is 0 Å². The van der Waals surface area contributed by atoms with E-state index in [-0.39, 0.29) is 31.0 Å². The number of hydrogen-bond donors (Lipinski definition) is 1. The van der Waals surface area contributed by atoms with Crippen LogP contribution in [0.2, 0.25) is 0 Å². The highest BCUT2D eigenvalue weighted by molar-refractivity contribution is 6.15. The average molecular weight is 519 g/mol. The maximum absolute atomic E-state index is 14.0. The molecule has 3 saturated carbocycles. The van der Waals surface area contributed by atoms with E-state index in [0.717, 1.165) is 7.11 Å². The largest absolute Gasteiger partial charge is 0.466 e. The van der Waals surface area contributed by atoms with Gasteiger partial charge in [0.15, 0.2) is 5.78 Å². The summed E-state index contributed by atoms with van der Waals surface area (Å²) in [6.07, 6.45) is -1.46. The van der Waals surface area contributed by atoms with Crippen molar-refractivity contribution in [3.63, 3.8) is 0 Å². The zero-order valence-corrected chi connectivity index (χ0v) is 22.9. The molecule has 0 aromatic carbocycles. The van der Waals surface area contributed by atoms with E-state index in [1.807, 2.05) is 20.8 Å². The molecule has 37 heavy (non-hydrogen) atoms. The number of fused-ring (bicyclic) bond motifs is 5. The van der Waals surface area contributed by atoms with Gasteiger partial charge >= 0.3 is 17.9 Å². The minimum Gasteiger partial charge on any atom is -0.466 e. The zero-order valence-electron chi connectivity index (χ0n) is 22.9. The van der Waals surface area contributed by atoms with Gasteiger partial charge in [0.25, 0.3) is 5.60 Å². The van der Waals surface area contributed by atoms with Crippen LogP contribution in [0.5, 0.6) is 0 Å². The number of ketones is 2. The van der Waals surface area contributed by atoms with Gasteiger partial charge in [0.05, 0.1) is 24.5 Å². The van der Waals surface area contributed by atoms with Crippen LogP contribution >= 0.6 is 0 Å². The standard InChI is InChI=1S/C28H38O9/c1-13-10-16-26(6)15(24(3,4)17(30)12-18(26)31)11-19(36-14(2)29)27(16,7)20-21(32)37-28(8,23(34)35-9)22(33)25(13,20)5/h15-16,18-20,31H,1,10-12H2,2-9H3/t15-,16-,18+,19-,20-,25-,26+,27+,28-/m1/s1. The van der Waals surface area contributed by atoms with Crippen molar-refractivity contribution in [2.75, 3.05) is 7.11 Å². The summed E-state index contributed by atoms with van der Waals surface area (Å²) in [5.41, 5.74) is -6.09. The van der Waals surface area contributed by atoms with Gasteiger partial charge in [-0.3, -0.25) is 19.2 Å². The van der Waals surface area contributed by atoms with Crippen LogP contribution in [0.4, 0.5) is 0 Å². The predicted octanol–water partition coefficient (Wildman–Crippen LogP) is 2.57. The van der Waals surface area contributed by atoms with Gasteiger partial charge in [0.2, 0.25) is 0 Å². The molecule has 9 atom stereocenters. The molecule has 0 bridgehead atoms. The van der Waals surface area contributed by atoms with Crippen LogP contribution in [-0.4, -0.2) is 59.5 Å². The third-order valence-electron chi connectivity index (χ3n) is 10.8. The first-order chi connectivity index (χ1) is 16.8. The molecule has 0 aromatic heterocycles. The smallest absolute Gasteiger partial charge is 0.358 e. The lowest BCUT2D eigenvalue weighted by atomic mass is 9.34. The summed E-state index contributed by atoms with van der Waals surface area (Å²) in [6, 6.07) is 0. The third kappa shape index (κ3) is 3.15. The minimum absolute atomic E-state index is 0.0387. The summed E-state index contributed by atoms with van der Waals surface area (Å²) in [7, 11) is 1.11. The summed E-state index contributed by atoms with van der Waals surface area (Å²) >= 11 is 0. The van der Waals surface area contributed by atoms with Crippen LogP contribution in [0.25, 0.3) is 0 Å². The number of ether oxygens (including phenoxy) is 3. The minimum atomic E-state index is -2.15. The molecule has 4 fully saturated rings. The van der Waals surface area contributed by atoms with Gasteiger partial charge in [-0.25, -0.2) is 4.79 Å². The van der Waals surface area contributed by atoms with Crippen molar-refractivity contribution in [2.45, 2.75) is 85.5 Å². The zero-order chi connectivity index (χ0) is 28.1. The van der Waals surface area contributed by atoms with E-state index >= 15 is 0 Å². The van der Waals surface area contributed by atoms with E-state index in [4.69, 9.17) is 14.2 Å². The Bertz CT molecular complexity index is 1120. The SMILES string of the molecule is C=C1C[C@@H]2[C@]3(C)[C@H](C[C@@H](OC(C)=O)[C@@]2(C)[C@@H]2C(=O)O[C@@](C)(C(=O)OC)C(=O)[C@]12C)C(C)(C)C(=O)C[C@@H]3O. The lowest BCUT2D eigenvalue weighted by Gasteiger charge is -2.70. The van der Waals surface area contributed by atoms with E-state index in [1.54, 1.807) is 13.8 Å². The summed E-state index contributed by atoms with van der Waals surface area (Å²) in [5.74, 6) is -5.06. The summed E-state index contributed by atoms with van der Waals surface area (Å²) in [5, 5.41) is 11.4. The fraction of sp³-hybridized carbons (Fsp3) is 0.750. The van der Waals surface area contributed by atoms with Crippen molar-refractivity contribution in [1.29, 1.82) is 0 Å². The quantitative estimate of drug-likeness (QED) is 0.253. The Morgan fingerprint density at radius 2 is 1.59 bits per heavy atom. The predicted molar refractivity (Wildman–Crippen MR) is 130 cm³/mol. The van der Waals surface area contributed by atoms with E-state index in [9.17, 15) is 29.1 Å². The van der Waals surface area contributed by atoms with Crippen molar-refractivity contribution in [3.05, 3.63) is 12.2 Å². The number of cyclic esters (lactones) is 1. The third-order valence-corrected chi connectivity index (χ3v) is 10.8. The van der Waals surface area contributed by atoms with Gasteiger partial charge in [-0.05, 0) is 38.5 Å². The number of hydrogen-bond acceptors (Lipinski definition) is 9. The second kappa shape index (κ2) is 7.98. The van der Waals surface area contributed by atoms with Crippen LogP contribution in [0, 0.1) is 39.4 Å². The van der Waals surface area contributed by atoms with E-state index < -0.39 is 75.0 Å². The molecule has 9 heteroatoms. The number of carbonyl (C=O) groups excluding carboxylic acids is 5. The molecule has 1 N–H and O–H groups in total. The normalized spacial score (nSPS) is 46.7. The van der Waals surface area contributed by atoms with Crippen LogP contribution in [-0.2, 0) is 38.2 Å². The maximum Gasteiger partial charge on any atom is 0.358 e. The molecule has 1 heterocycles. The number of Topliss-reactive ketones (excluding diaryl/α,β-unsaturated/α-hetero) is 2. The van der Waals surface area contributed by atoms with Crippen LogP contribution in [0.3, 0.4) is 0 Å². The topological polar surface area (TPSA) is 133 Å². The molecule has 204 valence electrons. The molecule has 9 nitrogen and oxygen atoms in total. The summed E-state index contributed by atoms with van der Waals surface area (Å²) < 4.78 is 16.3. The Morgan fingerprint density at radius 3 is 2.14 bits per heavy atom. The molecular formula is C28H38O9. The van der Waals surface area contributed by atoms with Crippen LogP contribution in [0.1, 0.15) is 67.7 Å². The second-order valence-corrected chi connectivity index (χ2v) is 12.8. The number of aliphatic hydroxyl groups is 1. The number of carbonyl (C=O) groups is 5. The lowest BCUT2D eigenvalue weighted by Crippen LogP contribution is -2.75. The highest BCUT2D eigenvalue weighted by Gasteiger charge is 2.77. The monoisotopic (exact) mass is 518 g/mol. The number of rotatable bonds is 2. The Balaban J connectivity index is 1.97. The molecule has 0 unspecified atom stereocenters. The lowest BCUT2D eigenvalue weighted by molar-refractivity contribution is -0.263. The first-order valence-corrected chi connectivity index (χ1v) is 12.8. The first kappa shape index (κ1) is 27.5. The van der Waals surface area contributed by atoms with Gasteiger partial charge in [0.1, 0.15) is 11.9 Å². The molecule has 3 aliphatic carbocycles. The van der Waals surface area contributed by atoms with Crippen molar-refractivity contribution >= 4 is 29.5 Å². The highest BCUT2D eigenvalue weighted by atomic mass is 16.6. The molecule has 0 amide bonds. The van der Waals surface area contributed by atoms with E-state index in [1.165, 1.54) is 13.8 Å². The van der Waals surface area contributed by atoms with Gasteiger partial charge in [-0.1, -0.05) is 39.8 Å². The molecule has 0 aromatic rings. The number of methoxy groups -OCH3 is 1. The van der Waals surface area contributed by atoms with Gasteiger partial charge in [0, 0.05) is 29.6 Å². The van der Waals surface area contributed by atoms with E-state index in [2.05, 4.69) is 6.58 Å². The molecule has 4 aliphatic rings. The van der Waals surface area contributed by atoms with Gasteiger partial charge in [-0.15, -0.1) is 0 Å². The Labute approximate surface area is 217 Å². The molecule has 1 aliphatic heterocycles. The van der Waals surface area contributed by atoms with Gasteiger partial charge < -0.3 is 19.3 Å². The van der Waals surface area contributed by atoms with Crippen molar-refractivity contribution in [3.8, 4) is 0 Å². The number of allylic oxidation sites excluding steroid dienone is 1. The molecular weight excluding hydrogens is 480 g/mol.